The Morgan fingerprint density at radius 1 is 1.38 bits per heavy atom. The number of cyclic esters (lactones) is 1. The van der Waals surface area contributed by atoms with Gasteiger partial charge in [-0.2, -0.15) is 0 Å². The van der Waals surface area contributed by atoms with E-state index in [-0.39, 0.29) is 11.9 Å². The second-order valence-corrected chi connectivity index (χ2v) is 6.97. The Morgan fingerprint density at radius 2 is 2.10 bits per heavy atom. The van der Waals surface area contributed by atoms with E-state index in [1.807, 2.05) is 12.1 Å². The molecule has 4 nitrogen and oxygen atoms in total. The fourth-order valence-corrected chi connectivity index (χ4v) is 3.45. The third-order valence-corrected chi connectivity index (χ3v) is 4.80. The van der Waals surface area contributed by atoms with Gasteiger partial charge < -0.3 is 10.1 Å². The molecule has 21 heavy (non-hydrogen) atoms. The molecule has 1 amide bonds. The molecule has 0 radical (unpaired) electrons. The zero-order valence-corrected chi connectivity index (χ0v) is 13.5. The summed E-state index contributed by atoms with van der Waals surface area (Å²) < 4.78 is 6.29. The van der Waals surface area contributed by atoms with Gasteiger partial charge >= 0.3 is 5.97 Å². The highest BCUT2D eigenvalue weighted by molar-refractivity contribution is 9.10. The van der Waals surface area contributed by atoms with Crippen LogP contribution in [-0.4, -0.2) is 23.5 Å². The van der Waals surface area contributed by atoms with Crippen LogP contribution in [0.3, 0.4) is 0 Å². The van der Waals surface area contributed by atoms with Gasteiger partial charge in [-0.25, -0.2) is 4.79 Å². The van der Waals surface area contributed by atoms with E-state index < -0.39 is 11.6 Å². The summed E-state index contributed by atoms with van der Waals surface area (Å²) in [6.07, 6.45) is 4.75. The first-order valence-corrected chi connectivity index (χ1v) is 8.10. The topological polar surface area (TPSA) is 55.4 Å². The van der Waals surface area contributed by atoms with Crippen molar-refractivity contribution in [3.05, 3.63) is 33.8 Å². The average Bonchev–Trinajstić information content (AvgIpc) is 2.92. The minimum atomic E-state index is -1.11. The first-order valence-electron chi connectivity index (χ1n) is 7.31. The third-order valence-electron chi connectivity index (χ3n) is 4.31. The first-order chi connectivity index (χ1) is 9.98. The molecule has 0 spiro atoms. The lowest BCUT2D eigenvalue weighted by atomic mass is 9.89. The highest BCUT2D eigenvalue weighted by Crippen LogP contribution is 2.31. The maximum Gasteiger partial charge on any atom is 0.339 e. The van der Waals surface area contributed by atoms with E-state index in [1.54, 1.807) is 13.0 Å². The number of amides is 1. The number of benzene rings is 1. The number of rotatable bonds is 2. The van der Waals surface area contributed by atoms with Crippen molar-refractivity contribution in [2.45, 2.75) is 50.7 Å². The van der Waals surface area contributed by atoms with E-state index in [9.17, 15) is 9.59 Å². The molecular formula is C16H18BrNO3. The molecule has 0 saturated heterocycles. The minimum Gasteiger partial charge on any atom is -0.445 e. The van der Waals surface area contributed by atoms with Gasteiger partial charge in [0.2, 0.25) is 0 Å². The molecule has 1 aliphatic carbocycles. The molecule has 2 aliphatic rings. The maximum atomic E-state index is 12.5. The number of esters is 1. The Labute approximate surface area is 132 Å². The highest BCUT2D eigenvalue weighted by Gasteiger charge is 2.43. The average molecular weight is 352 g/mol. The standard InChI is InChI=1S/C16H18BrNO3/c1-16(15(20)18-12-4-2-3-5-12)9-10-6-7-11(17)8-13(10)14(19)21-16/h6-8,12H,2-5,9H2,1H3,(H,18,20). The highest BCUT2D eigenvalue weighted by atomic mass is 79.9. The van der Waals surface area contributed by atoms with Crippen molar-refractivity contribution in [3.8, 4) is 0 Å². The molecule has 1 heterocycles. The van der Waals surface area contributed by atoms with Crippen LogP contribution in [0.4, 0.5) is 0 Å². The van der Waals surface area contributed by atoms with Crippen molar-refractivity contribution in [1.82, 2.24) is 5.32 Å². The molecule has 1 fully saturated rings. The summed E-state index contributed by atoms with van der Waals surface area (Å²) in [6, 6.07) is 5.72. The van der Waals surface area contributed by atoms with Gasteiger partial charge in [-0.1, -0.05) is 34.8 Å². The molecule has 0 aromatic heterocycles. The van der Waals surface area contributed by atoms with Crippen LogP contribution in [0, 0.1) is 0 Å². The summed E-state index contributed by atoms with van der Waals surface area (Å²) in [7, 11) is 0. The van der Waals surface area contributed by atoms with Crippen molar-refractivity contribution < 1.29 is 14.3 Å². The van der Waals surface area contributed by atoms with Gasteiger partial charge in [0, 0.05) is 16.9 Å². The predicted molar refractivity (Wildman–Crippen MR) is 82.1 cm³/mol. The third kappa shape index (κ3) is 2.84. The number of halogens is 1. The monoisotopic (exact) mass is 351 g/mol. The smallest absolute Gasteiger partial charge is 0.339 e. The van der Waals surface area contributed by atoms with Crippen molar-refractivity contribution >= 4 is 27.8 Å². The lowest BCUT2D eigenvalue weighted by Crippen LogP contribution is -2.53. The number of nitrogens with one attached hydrogen (secondary N) is 1. The number of carbonyl (C=O) groups is 2. The summed E-state index contributed by atoms with van der Waals surface area (Å²) in [4.78, 5) is 24.7. The normalized spacial score (nSPS) is 25.3. The Balaban J connectivity index is 1.81. The second kappa shape index (κ2) is 5.44. The molecule has 1 aromatic rings. The van der Waals surface area contributed by atoms with E-state index in [4.69, 9.17) is 4.74 Å². The Bertz CT molecular complexity index is 595. The van der Waals surface area contributed by atoms with Crippen LogP contribution in [0.15, 0.2) is 22.7 Å². The van der Waals surface area contributed by atoms with Crippen molar-refractivity contribution in [2.75, 3.05) is 0 Å². The largest absolute Gasteiger partial charge is 0.445 e. The van der Waals surface area contributed by atoms with Crippen LogP contribution in [-0.2, 0) is 16.0 Å². The Kier molecular flexibility index (Phi) is 3.78. The second-order valence-electron chi connectivity index (χ2n) is 6.05. The van der Waals surface area contributed by atoms with Gasteiger partial charge in [0.25, 0.3) is 5.91 Å². The van der Waals surface area contributed by atoms with E-state index >= 15 is 0 Å². The van der Waals surface area contributed by atoms with Crippen LogP contribution < -0.4 is 5.32 Å². The van der Waals surface area contributed by atoms with Crippen LogP contribution in [0.2, 0.25) is 0 Å². The molecule has 1 aromatic carbocycles. The molecule has 1 N–H and O–H groups in total. The molecule has 0 bridgehead atoms. The van der Waals surface area contributed by atoms with Gasteiger partial charge in [0.1, 0.15) is 0 Å². The molecular weight excluding hydrogens is 334 g/mol. The van der Waals surface area contributed by atoms with Crippen molar-refractivity contribution in [1.29, 1.82) is 0 Å². The van der Waals surface area contributed by atoms with E-state index in [0.717, 1.165) is 35.7 Å². The number of fused-ring (bicyclic) bond motifs is 1. The van der Waals surface area contributed by atoms with Gasteiger partial charge in [-0.15, -0.1) is 0 Å². The Morgan fingerprint density at radius 3 is 2.81 bits per heavy atom. The SMILES string of the molecule is CC1(C(=O)NC2CCCC2)Cc2ccc(Br)cc2C(=O)O1. The van der Waals surface area contributed by atoms with E-state index in [0.29, 0.717) is 12.0 Å². The predicted octanol–water partition coefficient (Wildman–Crippen LogP) is 2.98. The number of ether oxygens (including phenoxy) is 1. The summed E-state index contributed by atoms with van der Waals surface area (Å²) in [5.41, 5.74) is 0.287. The summed E-state index contributed by atoms with van der Waals surface area (Å²) in [5.74, 6) is -0.613. The van der Waals surface area contributed by atoms with Gasteiger partial charge in [0.15, 0.2) is 5.60 Å². The van der Waals surface area contributed by atoms with Crippen LogP contribution in [0.5, 0.6) is 0 Å². The Hall–Kier alpha value is -1.36. The lowest BCUT2D eigenvalue weighted by molar-refractivity contribution is -0.140. The van der Waals surface area contributed by atoms with Crippen LogP contribution in [0.25, 0.3) is 0 Å². The number of carbonyl (C=O) groups excluding carboxylic acids is 2. The first kappa shape index (κ1) is 14.6. The molecule has 112 valence electrons. The van der Waals surface area contributed by atoms with Gasteiger partial charge in [-0.05, 0) is 37.5 Å². The molecule has 3 rings (SSSR count). The fraction of sp³-hybridized carbons (Fsp3) is 0.500. The molecule has 1 atom stereocenters. The number of hydrogen-bond donors (Lipinski definition) is 1. The molecule has 1 aliphatic heterocycles. The van der Waals surface area contributed by atoms with Gasteiger partial charge in [-0.3, -0.25) is 4.79 Å². The van der Waals surface area contributed by atoms with Crippen LogP contribution in [0.1, 0.15) is 48.5 Å². The number of hydrogen-bond acceptors (Lipinski definition) is 3. The fourth-order valence-electron chi connectivity index (χ4n) is 3.09. The summed E-state index contributed by atoms with van der Waals surface area (Å²) >= 11 is 3.35. The maximum absolute atomic E-state index is 12.5. The quantitative estimate of drug-likeness (QED) is 0.833. The van der Waals surface area contributed by atoms with E-state index in [1.165, 1.54) is 0 Å². The summed E-state index contributed by atoms with van der Waals surface area (Å²) in [5, 5.41) is 3.03. The van der Waals surface area contributed by atoms with Crippen molar-refractivity contribution in [2.24, 2.45) is 0 Å². The zero-order chi connectivity index (χ0) is 15.0. The minimum absolute atomic E-state index is 0.184. The lowest BCUT2D eigenvalue weighted by Gasteiger charge is -2.34. The summed E-state index contributed by atoms with van der Waals surface area (Å²) in [6.45, 7) is 1.69. The molecule has 1 saturated carbocycles. The van der Waals surface area contributed by atoms with Gasteiger partial charge in [0.05, 0.1) is 5.56 Å². The van der Waals surface area contributed by atoms with Crippen molar-refractivity contribution in [3.63, 3.8) is 0 Å². The van der Waals surface area contributed by atoms with E-state index in [2.05, 4.69) is 21.2 Å². The molecule has 1 unspecified atom stereocenters. The van der Waals surface area contributed by atoms with Crippen LogP contribution >= 0.6 is 15.9 Å². The molecule has 5 heteroatoms. The zero-order valence-electron chi connectivity index (χ0n) is 11.9.